The van der Waals surface area contributed by atoms with Crippen molar-refractivity contribution >= 4 is 5.91 Å². The van der Waals surface area contributed by atoms with E-state index in [0.717, 1.165) is 16.9 Å². The van der Waals surface area contributed by atoms with Gasteiger partial charge in [-0.1, -0.05) is 47.6 Å². The monoisotopic (exact) mass is 365 g/mol. The molecule has 0 aliphatic rings. The number of aryl methyl sites for hydroxylation is 2. The molecule has 0 unspecified atom stereocenters. The van der Waals surface area contributed by atoms with Crippen molar-refractivity contribution in [3.05, 3.63) is 77.4 Å². The van der Waals surface area contributed by atoms with Gasteiger partial charge in [0.2, 0.25) is 11.8 Å². The highest BCUT2D eigenvalue weighted by Crippen LogP contribution is 2.13. The molecule has 140 valence electrons. The van der Waals surface area contributed by atoms with Gasteiger partial charge in [-0.3, -0.25) is 4.79 Å². The van der Waals surface area contributed by atoms with Gasteiger partial charge in [-0.05, 0) is 36.6 Å². The third-order valence-corrected chi connectivity index (χ3v) is 3.99. The number of ether oxygens (including phenoxy) is 1. The molecular weight excluding hydrogens is 342 g/mol. The van der Waals surface area contributed by atoms with Gasteiger partial charge in [-0.2, -0.15) is 4.98 Å². The SMILES string of the molecule is Cc1noc(CCCC(=O)NCc2cccc(COc3ccccc3)c2)n1. The molecule has 0 aliphatic carbocycles. The van der Waals surface area contributed by atoms with Gasteiger partial charge >= 0.3 is 0 Å². The summed E-state index contributed by atoms with van der Waals surface area (Å²) >= 11 is 0. The first-order valence-corrected chi connectivity index (χ1v) is 9.00. The van der Waals surface area contributed by atoms with E-state index in [1.54, 1.807) is 6.92 Å². The lowest BCUT2D eigenvalue weighted by Gasteiger charge is -2.09. The summed E-state index contributed by atoms with van der Waals surface area (Å²) in [5.74, 6) is 2.04. The molecule has 1 amide bonds. The van der Waals surface area contributed by atoms with Gasteiger partial charge < -0.3 is 14.6 Å². The Kier molecular flexibility index (Phi) is 6.57. The zero-order valence-electron chi connectivity index (χ0n) is 15.4. The number of nitrogens with zero attached hydrogens (tertiary/aromatic N) is 2. The Morgan fingerprint density at radius 2 is 1.93 bits per heavy atom. The smallest absolute Gasteiger partial charge is 0.226 e. The summed E-state index contributed by atoms with van der Waals surface area (Å²) < 4.78 is 10.8. The number of amides is 1. The van der Waals surface area contributed by atoms with E-state index in [-0.39, 0.29) is 5.91 Å². The highest BCUT2D eigenvalue weighted by molar-refractivity contribution is 5.75. The molecule has 1 heterocycles. The van der Waals surface area contributed by atoms with Crippen molar-refractivity contribution in [1.29, 1.82) is 0 Å². The fraction of sp³-hybridized carbons (Fsp3) is 0.286. The third-order valence-electron chi connectivity index (χ3n) is 3.99. The van der Waals surface area contributed by atoms with Crippen LogP contribution in [0.15, 0.2) is 59.1 Å². The van der Waals surface area contributed by atoms with E-state index in [2.05, 4.69) is 15.5 Å². The van der Waals surface area contributed by atoms with E-state index in [4.69, 9.17) is 9.26 Å². The minimum absolute atomic E-state index is 0.0113. The number of benzene rings is 2. The van der Waals surface area contributed by atoms with Gasteiger partial charge in [-0.25, -0.2) is 0 Å². The fourth-order valence-corrected chi connectivity index (χ4v) is 2.64. The zero-order valence-corrected chi connectivity index (χ0v) is 15.4. The number of carbonyl (C=O) groups is 1. The van der Waals surface area contributed by atoms with Gasteiger partial charge in [0.15, 0.2) is 5.82 Å². The Balaban J connectivity index is 1.40. The molecule has 6 heteroatoms. The van der Waals surface area contributed by atoms with E-state index in [9.17, 15) is 4.79 Å². The first-order chi connectivity index (χ1) is 13.2. The summed E-state index contributed by atoms with van der Waals surface area (Å²) in [6.45, 7) is 2.77. The van der Waals surface area contributed by atoms with Crippen LogP contribution in [0.1, 0.15) is 35.7 Å². The number of aromatic nitrogens is 2. The maximum absolute atomic E-state index is 12.0. The summed E-state index contributed by atoms with van der Waals surface area (Å²) in [6.07, 6.45) is 1.72. The van der Waals surface area contributed by atoms with Crippen LogP contribution in [0.3, 0.4) is 0 Å². The van der Waals surface area contributed by atoms with Crippen LogP contribution in [-0.4, -0.2) is 16.0 Å². The minimum atomic E-state index is 0.0113. The second kappa shape index (κ2) is 9.52. The van der Waals surface area contributed by atoms with E-state index >= 15 is 0 Å². The van der Waals surface area contributed by atoms with Crippen molar-refractivity contribution in [3.8, 4) is 5.75 Å². The molecule has 0 radical (unpaired) electrons. The topological polar surface area (TPSA) is 77.2 Å². The molecule has 0 aliphatic heterocycles. The maximum Gasteiger partial charge on any atom is 0.226 e. The van der Waals surface area contributed by atoms with Crippen LogP contribution in [0.2, 0.25) is 0 Å². The Morgan fingerprint density at radius 1 is 1.11 bits per heavy atom. The first kappa shape index (κ1) is 18.6. The third kappa shape index (κ3) is 6.26. The lowest BCUT2D eigenvalue weighted by atomic mass is 10.1. The molecule has 2 aromatic carbocycles. The predicted octanol–water partition coefficient (Wildman–Crippen LogP) is 3.60. The molecule has 0 fully saturated rings. The van der Waals surface area contributed by atoms with Crippen molar-refractivity contribution in [3.63, 3.8) is 0 Å². The number of rotatable bonds is 9. The predicted molar refractivity (Wildman–Crippen MR) is 101 cm³/mol. The number of hydrogen-bond donors (Lipinski definition) is 1. The van der Waals surface area contributed by atoms with Crippen molar-refractivity contribution in [1.82, 2.24) is 15.5 Å². The summed E-state index contributed by atoms with van der Waals surface area (Å²) in [5.41, 5.74) is 2.11. The molecule has 27 heavy (non-hydrogen) atoms. The van der Waals surface area contributed by atoms with Crippen LogP contribution in [-0.2, 0) is 24.4 Å². The Morgan fingerprint density at radius 3 is 2.70 bits per heavy atom. The highest BCUT2D eigenvalue weighted by Gasteiger charge is 2.06. The molecule has 0 saturated carbocycles. The van der Waals surface area contributed by atoms with Gasteiger partial charge in [0.05, 0.1) is 0 Å². The Labute approximate surface area is 158 Å². The molecule has 0 bridgehead atoms. The van der Waals surface area contributed by atoms with Crippen molar-refractivity contribution in [2.45, 2.75) is 39.3 Å². The van der Waals surface area contributed by atoms with Gasteiger partial charge in [0.1, 0.15) is 12.4 Å². The molecule has 6 nitrogen and oxygen atoms in total. The Bertz CT molecular complexity index is 862. The maximum atomic E-state index is 12.0. The molecule has 1 aromatic heterocycles. The van der Waals surface area contributed by atoms with Crippen LogP contribution in [0, 0.1) is 6.92 Å². The van der Waals surface area contributed by atoms with Crippen LogP contribution < -0.4 is 10.1 Å². The average Bonchev–Trinajstić information content (AvgIpc) is 3.11. The molecular formula is C21H23N3O3. The number of hydrogen-bond acceptors (Lipinski definition) is 5. The molecule has 3 aromatic rings. The van der Waals surface area contributed by atoms with Crippen molar-refractivity contribution < 1.29 is 14.1 Å². The van der Waals surface area contributed by atoms with E-state index in [1.165, 1.54) is 0 Å². The average molecular weight is 365 g/mol. The standard InChI is InChI=1S/C21H23N3O3/c1-16-23-21(27-24-16)12-6-11-20(25)22-14-17-7-5-8-18(13-17)15-26-19-9-3-2-4-10-19/h2-5,7-10,13H,6,11-12,14-15H2,1H3,(H,22,25). The van der Waals surface area contributed by atoms with Gasteiger partial charge in [-0.15, -0.1) is 0 Å². The van der Waals surface area contributed by atoms with E-state index in [0.29, 0.717) is 44.1 Å². The molecule has 1 N–H and O–H groups in total. The molecule has 0 atom stereocenters. The first-order valence-electron chi connectivity index (χ1n) is 9.00. The Hall–Kier alpha value is -3.15. The van der Waals surface area contributed by atoms with Crippen LogP contribution in [0.25, 0.3) is 0 Å². The fourth-order valence-electron chi connectivity index (χ4n) is 2.64. The van der Waals surface area contributed by atoms with Crippen molar-refractivity contribution in [2.24, 2.45) is 0 Å². The van der Waals surface area contributed by atoms with E-state index < -0.39 is 0 Å². The van der Waals surface area contributed by atoms with Crippen LogP contribution in [0.5, 0.6) is 5.75 Å². The lowest BCUT2D eigenvalue weighted by molar-refractivity contribution is -0.121. The highest BCUT2D eigenvalue weighted by atomic mass is 16.5. The van der Waals surface area contributed by atoms with Crippen LogP contribution >= 0.6 is 0 Å². The summed E-state index contributed by atoms with van der Waals surface area (Å²) in [7, 11) is 0. The number of carbonyl (C=O) groups excluding carboxylic acids is 1. The van der Waals surface area contributed by atoms with E-state index in [1.807, 2.05) is 54.6 Å². The summed E-state index contributed by atoms with van der Waals surface area (Å²) in [4.78, 5) is 16.1. The normalized spacial score (nSPS) is 10.6. The van der Waals surface area contributed by atoms with Gasteiger partial charge in [0, 0.05) is 19.4 Å². The zero-order chi connectivity index (χ0) is 18.9. The number of para-hydroxylation sites is 1. The van der Waals surface area contributed by atoms with Crippen molar-refractivity contribution in [2.75, 3.05) is 0 Å². The minimum Gasteiger partial charge on any atom is -0.489 e. The second-order valence-corrected chi connectivity index (χ2v) is 6.29. The van der Waals surface area contributed by atoms with Crippen LogP contribution in [0.4, 0.5) is 0 Å². The van der Waals surface area contributed by atoms with Gasteiger partial charge in [0.25, 0.3) is 0 Å². The molecule has 0 spiro atoms. The summed E-state index contributed by atoms with van der Waals surface area (Å²) in [5, 5.41) is 6.68. The summed E-state index contributed by atoms with van der Waals surface area (Å²) in [6, 6.07) is 17.7. The molecule has 0 saturated heterocycles. The second-order valence-electron chi connectivity index (χ2n) is 6.29. The quantitative estimate of drug-likeness (QED) is 0.627. The lowest BCUT2D eigenvalue weighted by Crippen LogP contribution is -2.22. The largest absolute Gasteiger partial charge is 0.489 e. The number of nitrogens with one attached hydrogen (secondary N) is 1. The molecule has 3 rings (SSSR count).